The molecule has 0 radical (unpaired) electrons. The van der Waals surface area contributed by atoms with Crippen molar-refractivity contribution in [3.8, 4) is 0 Å². The molecule has 0 saturated carbocycles. The summed E-state index contributed by atoms with van der Waals surface area (Å²) in [5.41, 5.74) is 2.60. The summed E-state index contributed by atoms with van der Waals surface area (Å²) >= 11 is 0. The quantitative estimate of drug-likeness (QED) is 0.710. The fourth-order valence-electron chi connectivity index (χ4n) is 2.68. The summed E-state index contributed by atoms with van der Waals surface area (Å²) in [6.45, 7) is 6.65. The van der Waals surface area contributed by atoms with E-state index in [0.29, 0.717) is 0 Å². The van der Waals surface area contributed by atoms with Crippen LogP contribution in [-0.4, -0.2) is 23.2 Å². The zero-order valence-corrected chi connectivity index (χ0v) is 13.1. The molecule has 0 fully saturated rings. The van der Waals surface area contributed by atoms with Crippen molar-refractivity contribution in [1.82, 2.24) is 4.90 Å². The van der Waals surface area contributed by atoms with Gasteiger partial charge in [0.2, 0.25) is 0 Å². The molecule has 0 bridgehead atoms. The molecular formula is C20H25NO. The van der Waals surface area contributed by atoms with Crippen molar-refractivity contribution in [2.45, 2.75) is 19.5 Å². The van der Waals surface area contributed by atoms with E-state index in [2.05, 4.69) is 60.0 Å². The van der Waals surface area contributed by atoms with Gasteiger partial charge in [-0.25, -0.2) is 0 Å². The Bertz CT molecular complexity index is 497. The number of hydrogen-bond donors (Lipinski definition) is 1. The summed E-state index contributed by atoms with van der Waals surface area (Å²) in [6.07, 6.45) is 2.74. The second kappa shape index (κ2) is 9.19. The molecule has 2 aromatic rings. The van der Waals surface area contributed by atoms with Gasteiger partial charge in [-0.3, -0.25) is 4.90 Å². The first kappa shape index (κ1) is 16.5. The molecule has 0 aliphatic rings. The van der Waals surface area contributed by atoms with Crippen LogP contribution in [0.3, 0.4) is 0 Å². The van der Waals surface area contributed by atoms with E-state index in [1.807, 2.05) is 18.2 Å². The Morgan fingerprint density at radius 3 is 1.82 bits per heavy atom. The van der Waals surface area contributed by atoms with Crippen molar-refractivity contribution >= 4 is 0 Å². The number of aliphatic hydroxyl groups excluding tert-OH is 1. The number of rotatable bonds is 9. The van der Waals surface area contributed by atoms with Gasteiger partial charge in [-0.05, 0) is 23.5 Å². The maximum absolute atomic E-state index is 9.56. The van der Waals surface area contributed by atoms with Gasteiger partial charge in [0.1, 0.15) is 0 Å². The molecule has 2 aromatic carbocycles. The summed E-state index contributed by atoms with van der Waals surface area (Å²) in [6, 6.07) is 21.0. The van der Waals surface area contributed by atoms with Crippen molar-refractivity contribution in [1.29, 1.82) is 0 Å². The van der Waals surface area contributed by atoms with Crippen LogP contribution in [0.4, 0.5) is 0 Å². The average Bonchev–Trinajstić information content (AvgIpc) is 2.56. The third kappa shape index (κ3) is 5.47. The van der Waals surface area contributed by atoms with Crippen LogP contribution in [0.1, 0.15) is 17.5 Å². The van der Waals surface area contributed by atoms with Crippen LogP contribution in [0.2, 0.25) is 0 Å². The van der Waals surface area contributed by atoms with Gasteiger partial charge in [-0.1, -0.05) is 66.7 Å². The van der Waals surface area contributed by atoms with Crippen LogP contribution in [-0.2, 0) is 13.1 Å². The minimum Gasteiger partial charge on any atom is -0.396 e. The molecule has 0 aliphatic heterocycles. The van der Waals surface area contributed by atoms with Crippen LogP contribution < -0.4 is 0 Å². The second-order valence-electron chi connectivity index (χ2n) is 5.71. The van der Waals surface area contributed by atoms with Crippen LogP contribution in [0.15, 0.2) is 73.3 Å². The molecular weight excluding hydrogens is 270 g/mol. The number of aliphatic hydroxyl groups is 1. The zero-order chi connectivity index (χ0) is 15.6. The van der Waals surface area contributed by atoms with E-state index in [1.165, 1.54) is 11.1 Å². The summed E-state index contributed by atoms with van der Waals surface area (Å²) in [5, 5.41) is 9.56. The fourth-order valence-corrected chi connectivity index (χ4v) is 2.68. The Hall–Kier alpha value is -1.90. The lowest BCUT2D eigenvalue weighted by Gasteiger charge is -2.26. The van der Waals surface area contributed by atoms with Crippen molar-refractivity contribution in [2.24, 2.45) is 5.92 Å². The van der Waals surface area contributed by atoms with Gasteiger partial charge in [0.15, 0.2) is 0 Å². The molecule has 0 aliphatic carbocycles. The lowest BCUT2D eigenvalue weighted by Crippen LogP contribution is -2.30. The first-order chi connectivity index (χ1) is 10.8. The Kier molecular flexibility index (Phi) is 6.88. The molecule has 2 nitrogen and oxygen atoms in total. The van der Waals surface area contributed by atoms with Crippen molar-refractivity contribution in [2.75, 3.05) is 13.2 Å². The molecule has 2 rings (SSSR count). The minimum absolute atomic E-state index is 0.200. The van der Waals surface area contributed by atoms with E-state index in [9.17, 15) is 5.11 Å². The lowest BCUT2D eigenvalue weighted by molar-refractivity contribution is 0.155. The maximum atomic E-state index is 9.56. The topological polar surface area (TPSA) is 23.5 Å². The van der Waals surface area contributed by atoms with Crippen LogP contribution >= 0.6 is 0 Å². The molecule has 0 heterocycles. The zero-order valence-electron chi connectivity index (χ0n) is 13.1. The monoisotopic (exact) mass is 295 g/mol. The molecule has 0 spiro atoms. The van der Waals surface area contributed by atoms with Crippen LogP contribution in [0, 0.1) is 5.92 Å². The van der Waals surface area contributed by atoms with Crippen molar-refractivity contribution in [3.05, 3.63) is 84.4 Å². The minimum atomic E-state index is 0.200. The van der Waals surface area contributed by atoms with E-state index in [0.717, 1.165) is 26.1 Å². The van der Waals surface area contributed by atoms with Gasteiger partial charge in [-0.15, -0.1) is 6.58 Å². The molecule has 116 valence electrons. The summed E-state index contributed by atoms with van der Waals surface area (Å²) in [7, 11) is 0. The number of benzene rings is 2. The summed E-state index contributed by atoms with van der Waals surface area (Å²) in [5.74, 6) is 0.241. The highest BCUT2D eigenvalue weighted by molar-refractivity contribution is 5.17. The smallest absolute Gasteiger partial charge is 0.0474 e. The largest absolute Gasteiger partial charge is 0.396 e. The molecule has 1 N–H and O–H groups in total. The number of allylic oxidation sites excluding steroid dienone is 1. The predicted octanol–water partition coefficient (Wildman–Crippen LogP) is 3.87. The van der Waals surface area contributed by atoms with Crippen molar-refractivity contribution < 1.29 is 5.11 Å². The predicted molar refractivity (Wildman–Crippen MR) is 92.4 cm³/mol. The number of nitrogens with zero attached hydrogens (tertiary/aromatic N) is 1. The fraction of sp³-hybridized carbons (Fsp3) is 0.300. The second-order valence-corrected chi connectivity index (χ2v) is 5.71. The Morgan fingerprint density at radius 2 is 1.41 bits per heavy atom. The molecule has 22 heavy (non-hydrogen) atoms. The van der Waals surface area contributed by atoms with E-state index in [-0.39, 0.29) is 12.5 Å². The van der Waals surface area contributed by atoms with Gasteiger partial charge in [0.25, 0.3) is 0 Å². The van der Waals surface area contributed by atoms with Gasteiger partial charge < -0.3 is 5.11 Å². The maximum Gasteiger partial charge on any atom is 0.0474 e. The molecule has 1 atom stereocenters. The molecule has 0 amide bonds. The third-order valence-electron chi connectivity index (χ3n) is 3.77. The Balaban J connectivity index is 2.07. The van der Waals surface area contributed by atoms with Gasteiger partial charge in [-0.2, -0.15) is 0 Å². The summed E-state index contributed by atoms with van der Waals surface area (Å²) in [4.78, 5) is 2.40. The number of hydrogen-bond acceptors (Lipinski definition) is 2. The third-order valence-corrected chi connectivity index (χ3v) is 3.77. The highest BCUT2D eigenvalue weighted by atomic mass is 16.3. The van der Waals surface area contributed by atoms with Crippen molar-refractivity contribution in [3.63, 3.8) is 0 Å². The highest BCUT2D eigenvalue weighted by Gasteiger charge is 2.13. The molecule has 0 aromatic heterocycles. The Morgan fingerprint density at radius 1 is 0.909 bits per heavy atom. The standard InChI is InChI=1S/C20H25NO/c1-2-9-20(17-22)16-21(14-18-10-5-3-6-11-18)15-19-12-7-4-8-13-19/h2-8,10-13,20,22H,1,9,14-17H2/t20-/m1/s1. The van der Waals surface area contributed by atoms with Gasteiger partial charge >= 0.3 is 0 Å². The van der Waals surface area contributed by atoms with Crippen LogP contribution in [0.25, 0.3) is 0 Å². The lowest BCUT2D eigenvalue weighted by atomic mass is 10.0. The van der Waals surface area contributed by atoms with Crippen LogP contribution in [0.5, 0.6) is 0 Å². The molecule has 2 heteroatoms. The van der Waals surface area contributed by atoms with E-state index in [1.54, 1.807) is 0 Å². The van der Waals surface area contributed by atoms with E-state index >= 15 is 0 Å². The highest BCUT2D eigenvalue weighted by Crippen LogP contribution is 2.14. The van der Waals surface area contributed by atoms with Gasteiger partial charge in [0.05, 0.1) is 0 Å². The first-order valence-electron chi connectivity index (χ1n) is 7.83. The summed E-state index contributed by atoms with van der Waals surface area (Å²) < 4.78 is 0. The van der Waals surface area contributed by atoms with Gasteiger partial charge in [0, 0.05) is 26.2 Å². The molecule has 0 unspecified atom stereocenters. The first-order valence-corrected chi connectivity index (χ1v) is 7.83. The van der Waals surface area contributed by atoms with E-state index < -0.39 is 0 Å². The molecule has 0 saturated heterocycles. The normalized spacial score (nSPS) is 12.3. The average molecular weight is 295 g/mol. The SMILES string of the molecule is C=CC[C@@H](CO)CN(Cc1ccccc1)Cc1ccccc1. The van der Waals surface area contributed by atoms with E-state index in [4.69, 9.17) is 0 Å². The Labute approximate surface area is 133 Å².